The predicted molar refractivity (Wildman–Crippen MR) is 142 cm³/mol. The number of carbonyl (C=O) groups is 3. The second kappa shape index (κ2) is 12.1. The first kappa shape index (κ1) is 27.9. The summed E-state index contributed by atoms with van der Waals surface area (Å²) in [7, 11) is 0. The first-order valence-electron chi connectivity index (χ1n) is 12.8. The number of phenolic OH excluding ortho intramolecular Hbond substituents is 1. The third-order valence-electron chi connectivity index (χ3n) is 6.89. The SMILES string of the molecule is CCOc1cc([C@@H]2[C@H](C(=O)OCc3ccccc3)C(=O)C[C@](C)(O)[C@H]2C(=O)OCc2ccccc2)ccc1O. The lowest BCUT2D eigenvalue weighted by molar-refractivity contribution is -0.174. The van der Waals surface area contributed by atoms with Crippen molar-refractivity contribution in [1.29, 1.82) is 0 Å². The number of Topliss-reactive ketones (excluding diaryl/α,β-unsaturated/α-hetero) is 1. The lowest BCUT2D eigenvalue weighted by atomic mass is 9.61. The molecule has 1 fully saturated rings. The molecule has 3 aromatic rings. The van der Waals surface area contributed by atoms with E-state index in [9.17, 15) is 24.6 Å². The van der Waals surface area contributed by atoms with Crippen LogP contribution in [0.4, 0.5) is 0 Å². The molecule has 1 aliphatic rings. The third-order valence-corrected chi connectivity index (χ3v) is 6.89. The summed E-state index contributed by atoms with van der Waals surface area (Å²) >= 11 is 0. The number of aromatic hydroxyl groups is 1. The molecule has 0 aromatic heterocycles. The monoisotopic (exact) mass is 532 g/mol. The molecule has 39 heavy (non-hydrogen) atoms. The van der Waals surface area contributed by atoms with Crippen LogP contribution in [-0.2, 0) is 37.1 Å². The van der Waals surface area contributed by atoms with Gasteiger partial charge in [0.2, 0.25) is 0 Å². The van der Waals surface area contributed by atoms with Gasteiger partial charge in [0.05, 0.1) is 18.1 Å². The maximum Gasteiger partial charge on any atom is 0.317 e. The van der Waals surface area contributed by atoms with E-state index in [4.69, 9.17) is 14.2 Å². The van der Waals surface area contributed by atoms with Crippen molar-refractivity contribution in [1.82, 2.24) is 0 Å². The molecule has 0 spiro atoms. The van der Waals surface area contributed by atoms with Crippen LogP contribution < -0.4 is 4.74 Å². The van der Waals surface area contributed by atoms with E-state index in [0.717, 1.165) is 11.1 Å². The summed E-state index contributed by atoms with van der Waals surface area (Å²) in [5.74, 6) is -5.94. The minimum absolute atomic E-state index is 0.0458. The Hall–Kier alpha value is -4.17. The Balaban J connectivity index is 1.71. The van der Waals surface area contributed by atoms with Gasteiger partial charge in [-0.1, -0.05) is 66.7 Å². The number of hydrogen-bond donors (Lipinski definition) is 2. The third kappa shape index (κ3) is 6.46. The second-order valence-electron chi connectivity index (χ2n) is 9.83. The minimum atomic E-state index is -1.81. The van der Waals surface area contributed by atoms with Crippen LogP contribution in [-0.4, -0.2) is 40.1 Å². The van der Waals surface area contributed by atoms with Crippen LogP contribution in [0.2, 0.25) is 0 Å². The molecule has 0 saturated heterocycles. The number of benzene rings is 3. The van der Waals surface area contributed by atoms with Gasteiger partial charge in [0.1, 0.15) is 19.1 Å². The normalized spacial score (nSPS) is 22.6. The first-order chi connectivity index (χ1) is 18.7. The molecule has 0 heterocycles. The van der Waals surface area contributed by atoms with Crippen molar-refractivity contribution in [3.05, 3.63) is 95.6 Å². The Morgan fingerprint density at radius 1 is 0.897 bits per heavy atom. The molecule has 0 amide bonds. The van der Waals surface area contributed by atoms with Gasteiger partial charge in [-0.25, -0.2) is 0 Å². The molecule has 0 radical (unpaired) electrons. The average molecular weight is 533 g/mol. The Morgan fingerprint density at radius 3 is 2.03 bits per heavy atom. The lowest BCUT2D eigenvalue weighted by Crippen LogP contribution is -2.55. The Bertz CT molecular complexity index is 1300. The maximum absolute atomic E-state index is 13.6. The highest BCUT2D eigenvalue weighted by Gasteiger charge is 2.57. The van der Waals surface area contributed by atoms with Crippen molar-refractivity contribution in [2.24, 2.45) is 11.8 Å². The number of carbonyl (C=O) groups excluding carboxylic acids is 3. The topological polar surface area (TPSA) is 119 Å². The van der Waals surface area contributed by atoms with Gasteiger partial charge >= 0.3 is 11.9 Å². The van der Waals surface area contributed by atoms with Crippen LogP contribution in [0.1, 0.15) is 42.9 Å². The molecule has 4 rings (SSSR count). The maximum atomic E-state index is 13.6. The van der Waals surface area contributed by atoms with Crippen LogP contribution >= 0.6 is 0 Å². The predicted octanol–water partition coefficient (Wildman–Crippen LogP) is 4.32. The fourth-order valence-corrected chi connectivity index (χ4v) is 5.06. The van der Waals surface area contributed by atoms with E-state index < -0.39 is 47.5 Å². The van der Waals surface area contributed by atoms with Gasteiger partial charge in [0, 0.05) is 12.3 Å². The fraction of sp³-hybridized carbons (Fsp3) is 0.323. The summed E-state index contributed by atoms with van der Waals surface area (Å²) in [5, 5.41) is 21.6. The van der Waals surface area contributed by atoms with Crippen LogP contribution in [0, 0.1) is 11.8 Å². The van der Waals surface area contributed by atoms with E-state index >= 15 is 0 Å². The number of esters is 2. The molecule has 1 aliphatic carbocycles. The number of hydrogen-bond acceptors (Lipinski definition) is 8. The Kier molecular flexibility index (Phi) is 8.66. The van der Waals surface area contributed by atoms with Crippen LogP contribution in [0.25, 0.3) is 0 Å². The number of phenols is 1. The van der Waals surface area contributed by atoms with Gasteiger partial charge in [-0.2, -0.15) is 0 Å². The number of rotatable bonds is 9. The van der Waals surface area contributed by atoms with E-state index in [1.54, 1.807) is 43.3 Å². The largest absolute Gasteiger partial charge is 0.504 e. The molecule has 1 saturated carbocycles. The molecule has 0 bridgehead atoms. The van der Waals surface area contributed by atoms with E-state index in [-0.39, 0.29) is 31.3 Å². The van der Waals surface area contributed by atoms with E-state index in [0.29, 0.717) is 5.56 Å². The molecule has 0 aliphatic heterocycles. The van der Waals surface area contributed by atoms with Gasteiger partial charge in [-0.3, -0.25) is 14.4 Å². The Morgan fingerprint density at radius 2 is 1.46 bits per heavy atom. The first-order valence-corrected chi connectivity index (χ1v) is 12.8. The van der Waals surface area contributed by atoms with Gasteiger partial charge in [-0.15, -0.1) is 0 Å². The molecule has 4 atom stereocenters. The van der Waals surface area contributed by atoms with E-state index in [1.165, 1.54) is 25.1 Å². The van der Waals surface area contributed by atoms with Crippen LogP contribution in [0.5, 0.6) is 11.5 Å². The van der Waals surface area contributed by atoms with Gasteiger partial charge in [-0.05, 0) is 42.7 Å². The zero-order valence-corrected chi connectivity index (χ0v) is 21.9. The van der Waals surface area contributed by atoms with Crippen molar-refractivity contribution in [2.75, 3.05) is 6.61 Å². The summed E-state index contributed by atoms with van der Waals surface area (Å²) in [5.41, 5.74) is 0.0266. The van der Waals surface area contributed by atoms with Crippen molar-refractivity contribution < 1.29 is 38.8 Å². The molecule has 2 N–H and O–H groups in total. The summed E-state index contributed by atoms with van der Waals surface area (Å²) in [6.07, 6.45) is -0.434. The van der Waals surface area contributed by atoms with Gasteiger partial charge < -0.3 is 24.4 Å². The van der Waals surface area contributed by atoms with Crippen molar-refractivity contribution >= 4 is 17.7 Å². The minimum Gasteiger partial charge on any atom is -0.504 e. The van der Waals surface area contributed by atoms with Crippen LogP contribution in [0.3, 0.4) is 0 Å². The number of aliphatic hydroxyl groups is 1. The van der Waals surface area contributed by atoms with Gasteiger partial charge in [0.25, 0.3) is 0 Å². The summed E-state index contributed by atoms with van der Waals surface area (Å²) in [6.45, 7) is 3.28. The van der Waals surface area contributed by atoms with E-state index in [2.05, 4.69) is 0 Å². The molecular formula is C31H32O8. The zero-order valence-electron chi connectivity index (χ0n) is 21.9. The summed E-state index contributed by atoms with van der Waals surface area (Å²) < 4.78 is 16.7. The lowest BCUT2D eigenvalue weighted by Gasteiger charge is -2.43. The average Bonchev–Trinajstić information content (AvgIpc) is 2.92. The van der Waals surface area contributed by atoms with Gasteiger partial charge in [0.15, 0.2) is 17.3 Å². The number of ketones is 1. The van der Waals surface area contributed by atoms with Crippen molar-refractivity contribution in [3.8, 4) is 11.5 Å². The fourth-order valence-electron chi connectivity index (χ4n) is 5.06. The second-order valence-corrected chi connectivity index (χ2v) is 9.83. The van der Waals surface area contributed by atoms with Crippen LogP contribution in [0.15, 0.2) is 78.9 Å². The molecule has 8 heteroatoms. The molecule has 8 nitrogen and oxygen atoms in total. The quantitative estimate of drug-likeness (QED) is 0.309. The molecule has 3 aromatic carbocycles. The molecule has 204 valence electrons. The molecule has 0 unspecified atom stereocenters. The van der Waals surface area contributed by atoms with Crippen molar-refractivity contribution in [2.45, 2.75) is 45.0 Å². The highest BCUT2D eigenvalue weighted by atomic mass is 16.5. The summed E-state index contributed by atoms with van der Waals surface area (Å²) in [6, 6.07) is 22.4. The number of ether oxygens (including phenoxy) is 3. The molecular weight excluding hydrogens is 500 g/mol. The van der Waals surface area contributed by atoms with E-state index in [1.807, 2.05) is 24.3 Å². The summed E-state index contributed by atoms with van der Waals surface area (Å²) in [4.78, 5) is 40.4. The highest BCUT2D eigenvalue weighted by molar-refractivity contribution is 6.02. The van der Waals surface area contributed by atoms with Crippen molar-refractivity contribution in [3.63, 3.8) is 0 Å². The zero-order chi connectivity index (χ0) is 28.0. The smallest absolute Gasteiger partial charge is 0.317 e. The highest BCUT2D eigenvalue weighted by Crippen LogP contribution is 2.48. The standard InChI is InChI=1S/C31H32O8/c1-3-37-25-16-22(14-15-23(25)32)26-27(29(34)38-18-20-10-6-4-7-11-20)24(33)17-31(2,36)28(26)30(35)39-19-21-12-8-5-9-13-21/h4-16,26-28,32,36H,3,17-19H2,1-2H3/t26-,27-,28-,31+/m1/s1. The Labute approximate surface area is 227 Å².